The molecule has 1 aliphatic rings. The number of hydrogen-bond acceptors (Lipinski definition) is 3. The quantitative estimate of drug-likeness (QED) is 0.819. The molecule has 1 aromatic carbocycles. The highest BCUT2D eigenvalue weighted by Gasteiger charge is 2.38. The Balaban J connectivity index is 1.97. The normalized spacial score (nSPS) is 19.4. The molecule has 1 fully saturated rings. The van der Waals surface area contributed by atoms with Gasteiger partial charge in [0.05, 0.1) is 6.04 Å². The molecule has 1 aliphatic heterocycles. The van der Waals surface area contributed by atoms with Crippen molar-refractivity contribution in [1.82, 2.24) is 4.90 Å². The lowest BCUT2D eigenvalue weighted by molar-refractivity contribution is -0.120. The Hall–Kier alpha value is -1.55. The van der Waals surface area contributed by atoms with E-state index >= 15 is 0 Å². The lowest BCUT2D eigenvalue weighted by atomic mass is 9.82. The third-order valence-electron chi connectivity index (χ3n) is 5.05. The molecule has 1 saturated heterocycles. The lowest BCUT2D eigenvalue weighted by Crippen LogP contribution is -2.41. The summed E-state index contributed by atoms with van der Waals surface area (Å²) in [4.78, 5) is 14.7. The highest BCUT2D eigenvalue weighted by Crippen LogP contribution is 2.37. The molecule has 21 heavy (non-hydrogen) atoms. The van der Waals surface area contributed by atoms with Gasteiger partial charge in [-0.1, -0.05) is 19.9 Å². The number of amides is 1. The largest absolute Gasteiger partial charge is 0.399 e. The zero-order valence-electron chi connectivity index (χ0n) is 13.4. The van der Waals surface area contributed by atoms with Gasteiger partial charge in [-0.15, -0.1) is 0 Å². The van der Waals surface area contributed by atoms with Crippen LogP contribution in [0.3, 0.4) is 0 Å². The van der Waals surface area contributed by atoms with Crippen molar-refractivity contribution in [3.63, 3.8) is 0 Å². The van der Waals surface area contributed by atoms with E-state index in [0.717, 1.165) is 18.8 Å². The van der Waals surface area contributed by atoms with E-state index in [4.69, 9.17) is 5.73 Å². The molecule has 0 bridgehead atoms. The Kier molecular flexibility index (Phi) is 4.88. The summed E-state index contributed by atoms with van der Waals surface area (Å²) in [6.07, 6.45) is 3.56. The molecule has 1 aromatic rings. The van der Waals surface area contributed by atoms with E-state index in [0.29, 0.717) is 11.1 Å². The van der Waals surface area contributed by atoms with Gasteiger partial charge in [-0.3, -0.25) is 9.69 Å². The molecule has 0 saturated carbocycles. The van der Waals surface area contributed by atoms with Gasteiger partial charge in [0.25, 0.3) is 0 Å². The maximum atomic E-state index is 12.4. The summed E-state index contributed by atoms with van der Waals surface area (Å²) < 4.78 is 0. The summed E-state index contributed by atoms with van der Waals surface area (Å²) in [6.45, 7) is 8.52. The van der Waals surface area contributed by atoms with E-state index in [9.17, 15) is 4.79 Å². The van der Waals surface area contributed by atoms with Crippen LogP contribution in [0.4, 0.5) is 11.4 Å². The number of benzene rings is 1. The summed E-state index contributed by atoms with van der Waals surface area (Å²) in [5.41, 5.74) is 7.57. The zero-order valence-corrected chi connectivity index (χ0v) is 13.4. The maximum absolute atomic E-state index is 12.4. The number of anilines is 2. The van der Waals surface area contributed by atoms with Gasteiger partial charge >= 0.3 is 0 Å². The van der Waals surface area contributed by atoms with E-state index in [1.807, 2.05) is 25.1 Å². The van der Waals surface area contributed by atoms with Crippen LogP contribution in [0.1, 0.15) is 40.0 Å². The average molecular weight is 289 g/mol. The molecule has 0 spiro atoms. The minimum absolute atomic E-state index is 0.0450. The van der Waals surface area contributed by atoms with Crippen LogP contribution in [-0.4, -0.2) is 29.9 Å². The first kappa shape index (κ1) is 15.8. The van der Waals surface area contributed by atoms with Crippen LogP contribution < -0.4 is 11.1 Å². The molecule has 2 rings (SSSR count). The van der Waals surface area contributed by atoms with Gasteiger partial charge in [0.15, 0.2) is 0 Å². The van der Waals surface area contributed by atoms with E-state index in [2.05, 4.69) is 24.1 Å². The van der Waals surface area contributed by atoms with Gasteiger partial charge in [0, 0.05) is 17.9 Å². The van der Waals surface area contributed by atoms with E-state index in [1.165, 1.54) is 19.3 Å². The van der Waals surface area contributed by atoms with Crippen LogP contribution in [0.2, 0.25) is 0 Å². The van der Waals surface area contributed by atoms with Crippen LogP contribution in [0, 0.1) is 5.41 Å². The topological polar surface area (TPSA) is 58.4 Å². The first-order chi connectivity index (χ1) is 9.99. The Morgan fingerprint density at radius 2 is 2.14 bits per heavy atom. The third kappa shape index (κ3) is 3.56. The van der Waals surface area contributed by atoms with Crippen LogP contribution in [0.5, 0.6) is 0 Å². The number of hydrogen-bond donors (Lipinski definition) is 2. The molecule has 1 amide bonds. The number of nitrogens with one attached hydrogen (secondary N) is 1. The molecule has 1 unspecified atom stereocenters. The second-order valence-corrected chi connectivity index (χ2v) is 6.22. The molecule has 0 radical (unpaired) electrons. The fraction of sp³-hybridized carbons (Fsp3) is 0.588. The van der Waals surface area contributed by atoms with Crippen molar-refractivity contribution in [1.29, 1.82) is 0 Å². The van der Waals surface area contributed by atoms with Crippen LogP contribution in [0.15, 0.2) is 24.3 Å². The predicted octanol–water partition coefficient (Wildman–Crippen LogP) is 3.11. The molecular formula is C17H27N3O. The molecule has 1 atom stereocenters. The smallest absolute Gasteiger partial charge is 0.241 e. The first-order valence-electron chi connectivity index (χ1n) is 7.90. The SMILES string of the molecule is CCC1(CC)CCN(C(C)C(=O)Nc2cccc(N)c2)C1. The second-order valence-electron chi connectivity index (χ2n) is 6.22. The standard InChI is InChI=1S/C17H27N3O/c1-4-17(5-2)9-10-20(12-17)13(3)16(21)19-15-8-6-7-14(18)11-15/h6-8,11,13H,4-5,9-10,12,18H2,1-3H3,(H,19,21). The number of carbonyl (C=O) groups is 1. The van der Waals surface area contributed by atoms with Crippen molar-refractivity contribution in [3.05, 3.63) is 24.3 Å². The van der Waals surface area contributed by atoms with Crippen LogP contribution in [0.25, 0.3) is 0 Å². The monoisotopic (exact) mass is 289 g/mol. The molecular weight excluding hydrogens is 262 g/mol. The Morgan fingerprint density at radius 3 is 2.71 bits per heavy atom. The van der Waals surface area contributed by atoms with Gasteiger partial charge in [0.2, 0.25) is 5.91 Å². The average Bonchev–Trinajstić information content (AvgIpc) is 2.91. The third-order valence-corrected chi connectivity index (χ3v) is 5.05. The van der Waals surface area contributed by atoms with Crippen molar-refractivity contribution >= 4 is 17.3 Å². The van der Waals surface area contributed by atoms with Crippen LogP contribution >= 0.6 is 0 Å². The molecule has 116 valence electrons. The number of likely N-dealkylation sites (tertiary alicyclic amines) is 1. The van der Waals surface area contributed by atoms with Gasteiger partial charge in [-0.05, 0) is 56.3 Å². The van der Waals surface area contributed by atoms with Crippen molar-refractivity contribution in [2.45, 2.75) is 46.1 Å². The Morgan fingerprint density at radius 1 is 1.43 bits per heavy atom. The predicted molar refractivity (Wildman–Crippen MR) is 88.2 cm³/mol. The highest BCUT2D eigenvalue weighted by atomic mass is 16.2. The number of rotatable bonds is 5. The van der Waals surface area contributed by atoms with E-state index in [-0.39, 0.29) is 11.9 Å². The van der Waals surface area contributed by atoms with Crippen molar-refractivity contribution in [2.75, 3.05) is 24.1 Å². The summed E-state index contributed by atoms with van der Waals surface area (Å²) in [7, 11) is 0. The summed E-state index contributed by atoms with van der Waals surface area (Å²) in [5, 5.41) is 2.96. The fourth-order valence-electron chi connectivity index (χ4n) is 3.16. The fourth-order valence-corrected chi connectivity index (χ4v) is 3.16. The summed E-state index contributed by atoms with van der Waals surface area (Å²) in [5.74, 6) is 0.0450. The summed E-state index contributed by atoms with van der Waals surface area (Å²) >= 11 is 0. The number of nitrogen functional groups attached to an aromatic ring is 1. The van der Waals surface area contributed by atoms with E-state index < -0.39 is 0 Å². The maximum Gasteiger partial charge on any atom is 0.241 e. The molecule has 4 nitrogen and oxygen atoms in total. The number of nitrogens with two attached hydrogens (primary N) is 1. The highest BCUT2D eigenvalue weighted by molar-refractivity contribution is 5.94. The van der Waals surface area contributed by atoms with Crippen molar-refractivity contribution < 1.29 is 4.79 Å². The van der Waals surface area contributed by atoms with Gasteiger partial charge in [0.1, 0.15) is 0 Å². The van der Waals surface area contributed by atoms with Gasteiger partial charge < -0.3 is 11.1 Å². The van der Waals surface area contributed by atoms with Crippen LogP contribution in [-0.2, 0) is 4.79 Å². The minimum Gasteiger partial charge on any atom is -0.399 e. The molecule has 0 aliphatic carbocycles. The van der Waals surface area contributed by atoms with Crippen molar-refractivity contribution in [2.24, 2.45) is 5.41 Å². The Bertz CT molecular complexity index is 497. The molecule has 0 aromatic heterocycles. The van der Waals surface area contributed by atoms with Gasteiger partial charge in [-0.25, -0.2) is 0 Å². The summed E-state index contributed by atoms with van der Waals surface area (Å²) in [6, 6.07) is 7.22. The van der Waals surface area contributed by atoms with E-state index in [1.54, 1.807) is 6.07 Å². The zero-order chi connectivity index (χ0) is 15.5. The van der Waals surface area contributed by atoms with Crippen molar-refractivity contribution in [3.8, 4) is 0 Å². The van der Waals surface area contributed by atoms with Gasteiger partial charge in [-0.2, -0.15) is 0 Å². The Labute approximate surface area is 127 Å². The first-order valence-corrected chi connectivity index (χ1v) is 7.90. The molecule has 4 heteroatoms. The molecule has 3 N–H and O–H groups in total. The lowest BCUT2D eigenvalue weighted by Gasteiger charge is -2.29. The second kappa shape index (κ2) is 6.48. The minimum atomic E-state index is -0.105. The molecule has 1 heterocycles. The number of carbonyl (C=O) groups excluding carboxylic acids is 1. The number of nitrogens with zero attached hydrogens (tertiary/aromatic N) is 1.